The Kier molecular flexibility index (Phi) is 9.71. The molecule has 1 amide bonds. The molecule has 1 saturated heterocycles. The van der Waals surface area contributed by atoms with E-state index in [4.69, 9.17) is 9.47 Å². The molecule has 15 heteroatoms. The van der Waals surface area contributed by atoms with E-state index in [9.17, 15) is 32.3 Å². The predicted molar refractivity (Wildman–Crippen MR) is 168 cm³/mol. The van der Waals surface area contributed by atoms with Crippen LogP contribution in [0.2, 0.25) is 0 Å². The monoisotopic (exact) mass is 671 g/mol. The predicted octanol–water partition coefficient (Wildman–Crippen LogP) is 3.51. The molecule has 1 aliphatic heterocycles. The van der Waals surface area contributed by atoms with Gasteiger partial charge in [0.2, 0.25) is 0 Å². The Morgan fingerprint density at radius 2 is 1.88 bits per heavy atom. The number of morpholine rings is 1. The van der Waals surface area contributed by atoms with Crippen molar-refractivity contribution in [3.8, 4) is 5.82 Å². The molecule has 254 valence electrons. The van der Waals surface area contributed by atoms with Crippen LogP contribution in [0.4, 0.5) is 23.2 Å². The lowest BCUT2D eigenvalue weighted by Crippen LogP contribution is -2.53. The van der Waals surface area contributed by atoms with E-state index in [1.165, 1.54) is 35.9 Å². The topological polar surface area (TPSA) is 125 Å². The minimum absolute atomic E-state index is 0.0157. The summed E-state index contributed by atoms with van der Waals surface area (Å²) in [6.07, 6.45) is -3.44. The van der Waals surface area contributed by atoms with Crippen molar-refractivity contribution in [1.82, 2.24) is 19.4 Å². The number of halogens is 4. The van der Waals surface area contributed by atoms with Crippen molar-refractivity contribution in [3.63, 3.8) is 0 Å². The van der Waals surface area contributed by atoms with E-state index in [1.54, 1.807) is 39.1 Å². The third-order valence-corrected chi connectivity index (χ3v) is 8.20. The molecule has 2 aromatic heterocycles. The summed E-state index contributed by atoms with van der Waals surface area (Å²) < 4.78 is 68.7. The summed E-state index contributed by atoms with van der Waals surface area (Å²) in [6, 6.07) is 6.97. The number of fused-ring (bicyclic) bond motifs is 1. The summed E-state index contributed by atoms with van der Waals surface area (Å²) in [4.78, 5) is 57.9. The fraction of sp³-hybridized carbons (Fsp3) is 0.364. The maximum Gasteiger partial charge on any atom is 0.411 e. The van der Waals surface area contributed by atoms with E-state index < -0.39 is 59.4 Å². The van der Waals surface area contributed by atoms with Crippen molar-refractivity contribution >= 4 is 28.5 Å². The molecular formula is C33H33F4N5O6. The highest BCUT2D eigenvalue weighted by atomic mass is 19.4. The van der Waals surface area contributed by atoms with Gasteiger partial charge in [-0.1, -0.05) is 18.2 Å². The largest absolute Gasteiger partial charge is 0.464 e. The number of aryl methyl sites for hydroxylation is 3. The molecule has 2 aromatic carbocycles. The van der Waals surface area contributed by atoms with E-state index in [0.717, 1.165) is 15.5 Å². The van der Waals surface area contributed by atoms with Crippen molar-refractivity contribution in [3.05, 3.63) is 97.6 Å². The molecule has 0 bridgehead atoms. The van der Waals surface area contributed by atoms with Crippen LogP contribution in [0.1, 0.15) is 34.0 Å². The summed E-state index contributed by atoms with van der Waals surface area (Å²) in [5.74, 6) is -2.82. The Morgan fingerprint density at radius 3 is 2.52 bits per heavy atom. The van der Waals surface area contributed by atoms with Gasteiger partial charge in [0.25, 0.3) is 11.5 Å². The molecule has 0 aliphatic carbocycles. The summed E-state index contributed by atoms with van der Waals surface area (Å²) in [5, 5.41) is 2.83. The molecule has 1 aliphatic rings. The minimum atomic E-state index is -4.62. The van der Waals surface area contributed by atoms with Crippen LogP contribution in [-0.2, 0) is 27.7 Å². The normalized spacial score (nSPS) is 15.8. The van der Waals surface area contributed by atoms with Crippen LogP contribution in [0.25, 0.3) is 16.7 Å². The second-order valence-electron chi connectivity index (χ2n) is 11.4. The van der Waals surface area contributed by atoms with Gasteiger partial charge in [0.15, 0.2) is 0 Å². The fourth-order valence-electron chi connectivity index (χ4n) is 5.80. The van der Waals surface area contributed by atoms with Crippen molar-refractivity contribution < 1.29 is 36.6 Å². The third-order valence-electron chi connectivity index (χ3n) is 8.20. The van der Waals surface area contributed by atoms with Crippen LogP contribution in [0, 0.1) is 19.7 Å². The molecule has 11 nitrogen and oxygen atoms in total. The van der Waals surface area contributed by atoms with Crippen molar-refractivity contribution in [1.29, 1.82) is 0 Å². The number of carbonyl (C=O) groups excluding carboxylic acids is 2. The van der Waals surface area contributed by atoms with Gasteiger partial charge < -0.3 is 19.7 Å². The number of carbonyl (C=O) groups is 2. The highest BCUT2D eigenvalue weighted by Crippen LogP contribution is 2.33. The van der Waals surface area contributed by atoms with Crippen LogP contribution in [0.15, 0.2) is 58.3 Å². The Morgan fingerprint density at radius 1 is 1.12 bits per heavy atom. The number of benzene rings is 2. The van der Waals surface area contributed by atoms with Gasteiger partial charge in [-0.25, -0.2) is 23.5 Å². The number of rotatable bonds is 8. The highest BCUT2D eigenvalue weighted by Gasteiger charge is 2.45. The molecule has 0 radical (unpaired) electrons. The number of nitrogens with zero attached hydrogens (tertiary/aromatic N) is 4. The molecule has 1 fully saturated rings. The zero-order valence-electron chi connectivity index (χ0n) is 26.6. The van der Waals surface area contributed by atoms with Crippen LogP contribution in [0.3, 0.4) is 0 Å². The van der Waals surface area contributed by atoms with E-state index in [-0.39, 0.29) is 43.2 Å². The lowest BCUT2D eigenvalue weighted by molar-refractivity contribution is -0.167. The molecule has 1 N–H and O–H groups in total. The maximum atomic E-state index is 15.4. The number of hydrogen-bond donors (Lipinski definition) is 1. The number of nitrogens with one attached hydrogen (secondary N) is 1. The van der Waals surface area contributed by atoms with E-state index in [1.807, 2.05) is 0 Å². The van der Waals surface area contributed by atoms with Gasteiger partial charge in [0.1, 0.15) is 23.7 Å². The first-order chi connectivity index (χ1) is 22.7. The number of aromatic nitrogens is 3. The number of hydrogen-bond acceptors (Lipinski definition) is 8. The van der Waals surface area contributed by atoms with E-state index in [0.29, 0.717) is 22.0 Å². The quantitative estimate of drug-likeness (QED) is 0.223. The Balaban J connectivity index is 1.40. The molecule has 0 unspecified atom stereocenters. The zero-order valence-corrected chi connectivity index (χ0v) is 26.6. The van der Waals surface area contributed by atoms with Gasteiger partial charge in [0, 0.05) is 31.9 Å². The van der Waals surface area contributed by atoms with Crippen LogP contribution >= 0.6 is 0 Å². The molecule has 4 aromatic rings. The molecule has 0 saturated carbocycles. The summed E-state index contributed by atoms with van der Waals surface area (Å²) in [6.45, 7) is 3.97. The van der Waals surface area contributed by atoms with Gasteiger partial charge in [-0.15, -0.1) is 0 Å². The molecule has 48 heavy (non-hydrogen) atoms. The average Bonchev–Trinajstić information content (AvgIpc) is 3.03. The first kappa shape index (κ1) is 34.3. The average molecular weight is 672 g/mol. The number of esters is 1. The number of amides is 1. The number of pyridine rings is 1. The van der Waals surface area contributed by atoms with Gasteiger partial charge >= 0.3 is 17.8 Å². The second-order valence-corrected chi connectivity index (χ2v) is 11.4. The zero-order chi connectivity index (χ0) is 34.9. The van der Waals surface area contributed by atoms with Crippen LogP contribution in [0.5, 0.6) is 0 Å². The van der Waals surface area contributed by atoms with Crippen LogP contribution < -0.4 is 21.5 Å². The Bertz CT molecular complexity index is 1970. The minimum Gasteiger partial charge on any atom is -0.464 e. The highest BCUT2D eigenvalue weighted by molar-refractivity contribution is 5.98. The number of anilines is 1. The fourth-order valence-corrected chi connectivity index (χ4v) is 5.80. The van der Waals surface area contributed by atoms with Gasteiger partial charge in [-0.05, 0) is 61.7 Å². The Hall–Kier alpha value is -5.05. The maximum absolute atomic E-state index is 15.4. The van der Waals surface area contributed by atoms with E-state index in [2.05, 4.69) is 10.3 Å². The smallest absolute Gasteiger partial charge is 0.411 e. The molecule has 5 rings (SSSR count). The van der Waals surface area contributed by atoms with Gasteiger partial charge in [-0.2, -0.15) is 13.2 Å². The van der Waals surface area contributed by atoms with Crippen LogP contribution in [-0.4, -0.2) is 70.6 Å². The first-order valence-electron chi connectivity index (χ1n) is 15.1. The standard InChI is InChI=1S/C33H33F4N5O6/c1-5-48-31(45)23(39-29(43)27-19(3)13-21(15-22(27)34)41-11-12-47-17-25(41)33(35,36)37)14-20-9-10-26(38-16-20)42-30(44)28-18(2)7-6-8-24(28)40(4)32(42)46/h6-10,13,15-16,23,25H,5,11-12,14,17H2,1-4H3,(H,39,43)/t23-,25+/m0/s1. The van der Waals surface area contributed by atoms with Gasteiger partial charge in [0.05, 0.1) is 36.3 Å². The SMILES string of the molecule is CCOC(=O)[C@H](Cc1ccc(-n2c(=O)c3c(C)cccc3n(C)c2=O)nc1)NC(=O)c1c(C)cc(N2CCOC[C@@H]2C(F)(F)F)cc1F. The van der Waals surface area contributed by atoms with E-state index >= 15 is 4.39 Å². The summed E-state index contributed by atoms with van der Waals surface area (Å²) in [5.41, 5.74) is -0.0395. The lowest BCUT2D eigenvalue weighted by atomic mass is 10.0. The number of alkyl halides is 3. The summed E-state index contributed by atoms with van der Waals surface area (Å²) in [7, 11) is 1.54. The Labute approximate surface area is 271 Å². The second kappa shape index (κ2) is 13.6. The first-order valence-corrected chi connectivity index (χ1v) is 15.1. The number of ether oxygens (including phenoxy) is 2. The summed E-state index contributed by atoms with van der Waals surface area (Å²) >= 11 is 0. The third kappa shape index (κ3) is 6.68. The van der Waals surface area contributed by atoms with Gasteiger partial charge in [-0.3, -0.25) is 14.2 Å². The molecule has 0 spiro atoms. The molecule has 3 heterocycles. The molecule has 2 atom stereocenters. The van der Waals surface area contributed by atoms with Crippen molar-refractivity contribution in [2.45, 2.75) is 45.5 Å². The van der Waals surface area contributed by atoms with Crippen molar-refractivity contribution in [2.24, 2.45) is 7.05 Å². The lowest BCUT2D eigenvalue weighted by Gasteiger charge is -2.38. The van der Waals surface area contributed by atoms with Crippen molar-refractivity contribution in [2.75, 3.05) is 31.3 Å². The molecular weight excluding hydrogens is 638 g/mol.